The highest BCUT2D eigenvalue weighted by atomic mass is 19.2. The fourth-order valence-electron chi connectivity index (χ4n) is 3.31. The van der Waals surface area contributed by atoms with Crippen LogP contribution >= 0.6 is 0 Å². The summed E-state index contributed by atoms with van der Waals surface area (Å²) < 4.78 is 31.4. The van der Waals surface area contributed by atoms with Gasteiger partial charge in [0.05, 0.1) is 6.54 Å². The van der Waals surface area contributed by atoms with Crippen molar-refractivity contribution in [3.8, 4) is 0 Å². The van der Waals surface area contributed by atoms with E-state index < -0.39 is 11.6 Å². The van der Waals surface area contributed by atoms with Crippen LogP contribution in [0.25, 0.3) is 0 Å². The van der Waals surface area contributed by atoms with E-state index in [1.807, 2.05) is 0 Å². The van der Waals surface area contributed by atoms with Gasteiger partial charge in [0.25, 0.3) is 11.7 Å². The van der Waals surface area contributed by atoms with Gasteiger partial charge in [0, 0.05) is 13.6 Å². The maximum Gasteiger partial charge on any atom is 0.292 e. The summed E-state index contributed by atoms with van der Waals surface area (Å²) >= 11 is 0. The van der Waals surface area contributed by atoms with Crippen molar-refractivity contribution in [3.63, 3.8) is 0 Å². The van der Waals surface area contributed by atoms with Gasteiger partial charge >= 0.3 is 0 Å². The van der Waals surface area contributed by atoms with E-state index in [0.29, 0.717) is 18.4 Å². The Bertz CT molecular complexity index is 765. The van der Waals surface area contributed by atoms with Crippen LogP contribution in [0.5, 0.6) is 0 Å². The molecule has 1 aliphatic heterocycles. The molecule has 1 amide bonds. The molecule has 2 heterocycles. The topological polar surface area (TPSA) is 71.3 Å². The molecule has 2 aromatic rings. The Labute approximate surface area is 150 Å². The molecule has 0 spiro atoms. The number of likely N-dealkylation sites (tertiary alicyclic amines) is 1. The Morgan fingerprint density at radius 2 is 2.23 bits per heavy atom. The summed E-state index contributed by atoms with van der Waals surface area (Å²) in [4.78, 5) is 17.8. The number of nitrogens with one attached hydrogen (secondary N) is 1. The Balaban J connectivity index is 1.51. The predicted octanol–water partition coefficient (Wildman–Crippen LogP) is 2.55. The van der Waals surface area contributed by atoms with E-state index in [-0.39, 0.29) is 11.7 Å². The molecule has 6 nitrogen and oxygen atoms in total. The van der Waals surface area contributed by atoms with Crippen LogP contribution in [0.4, 0.5) is 8.78 Å². The summed E-state index contributed by atoms with van der Waals surface area (Å²) in [6.07, 6.45) is 3.79. The monoisotopic (exact) mass is 364 g/mol. The minimum Gasteiger partial charge on any atom is -0.352 e. The number of carbonyl (C=O) groups is 1. The fraction of sp³-hybridized carbons (Fsp3) is 0.500. The Morgan fingerprint density at radius 3 is 3.00 bits per heavy atom. The zero-order valence-electron chi connectivity index (χ0n) is 14.7. The molecule has 0 aliphatic carbocycles. The van der Waals surface area contributed by atoms with Crippen LogP contribution in [0.15, 0.2) is 22.7 Å². The number of halogens is 2. The molecule has 1 fully saturated rings. The Hall–Kier alpha value is -2.35. The third-order valence-electron chi connectivity index (χ3n) is 4.69. The molecule has 140 valence electrons. The third kappa shape index (κ3) is 4.63. The first kappa shape index (κ1) is 18.4. The molecule has 8 heteroatoms. The van der Waals surface area contributed by atoms with E-state index in [0.717, 1.165) is 44.3 Å². The highest BCUT2D eigenvalue weighted by Gasteiger charge is 2.22. The van der Waals surface area contributed by atoms with Crippen LogP contribution in [-0.4, -0.2) is 41.1 Å². The lowest BCUT2D eigenvalue weighted by atomic mass is 9.91. The molecule has 1 saturated heterocycles. The molecule has 1 aromatic carbocycles. The highest BCUT2D eigenvalue weighted by Crippen LogP contribution is 2.23. The minimum atomic E-state index is -0.812. The molecule has 0 bridgehead atoms. The van der Waals surface area contributed by atoms with Gasteiger partial charge in [0.2, 0.25) is 5.89 Å². The number of hydrogen-bond donors (Lipinski definition) is 1. The molecule has 1 unspecified atom stereocenters. The van der Waals surface area contributed by atoms with Crippen LogP contribution in [-0.2, 0) is 13.0 Å². The second-order valence-corrected chi connectivity index (χ2v) is 6.62. The lowest BCUT2D eigenvalue weighted by molar-refractivity contribution is 0.0950. The number of rotatable bonds is 6. The van der Waals surface area contributed by atoms with E-state index in [9.17, 15) is 13.6 Å². The quantitative estimate of drug-likeness (QED) is 0.853. The highest BCUT2D eigenvalue weighted by molar-refractivity contribution is 5.89. The lowest BCUT2D eigenvalue weighted by Crippen LogP contribution is -2.35. The van der Waals surface area contributed by atoms with Crippen LogP contribution in [0.2, 0.25) is 0 Å². The molecular formula is C18H22F2N4O2. The molecule has 1 aliphatic rings. The van der Waals surface area contributed by atoms with Crippen molar-refractivity contribution >= 4 is 5.91 Å². The van der Waals surface area contributed by atoms with E-state index in [1.165, 1.54) is 19.2 Å². The molecule has 0 radical (unpaired) electrons. The third-order valence-corrected chi connectivity index (χ3v) is 4.69. The Morgan fingerprint density at radius 1 is 1.38 bits per heavy atom. The van der Waals surface area contributed by atoms with Gasteiger partial charge in [-0.25, -0.2) is 8.78 Å². The van der Waals surface area contributed by atoms with Crippen molar-refractivity contribution in [1.29, 1.82) is 0 Å². The summed E-state index contributed by atoms with van der Waals surface area (Å²) in [5, 5.41) is 6.13. The smallest absolute Gasteiger partial charge is 0.292 e. The van der Waals surface area contributed by atoms with Crippen molar-refractivity contribution in [1.82, 2.24) is 20.4 Å². The van der Waals surface area contributed by atoms with Gasteiger partial charge in [0.1, 0.15) is 0 Å². The molecule has 0 saturated carbocycles. The van der Waals surface area contributed by atoms with Gasteiger partial charge in [-0.2, -0.15) is 4.98 Å². The standard InChI is InChI=1S/C18H22F2N4O2/c1-21-18(25)17-22-16(26-23-17)11-24-8-2-3-13(10-24)5-4-12-6-7-14(19)15(20)9-12/h6-7,9,13H,2-5,8,10-11H2,1H3,(H,21,25). The summed E-state index contributed by atoms with van der Waals surface area (Å²) in [6, 6.07) is 4.09. The number of carbonyl (C=O) groups excluding carboxylic acids is 1. The largest absolute Gasteiger partial charge is 0.352 e. The lowest BCUT2D eigenvalue weighted by Gasteiger charge is -2.31. The average Bonchev–Trinajstić information content (AvgIpc) is 3.11. The van der Waals surface area contributed by atoms with Crippen molar-refractivity contribution in [3.05, 3.63) is 47.1 Å². The van der Waals surface area contributed by atoms with Gasteiger partial charge in [-0.1, -0.05) is 11.2 Å². The normalized spacial score (nSPS) is 18.0. The Kier molecular flexibility index (Phi) is 5.92. The van der Waals surface area contributed by atoms with Crippen LogP contribution in [0.3, 0.4) is 0 Å². The second-order valence-electron chi connectivity index (χ2n) is 6.62. The van der Waals surface area contributed by atoms with Gasteiger partial charge in [-0.15, -0.1) is 0 Å². The number of amides is 1. The van der Waals surface area contributed by atoms with E-state index in [4.69, 9.17) is 4.52 Å². The number of benzene rings is 1. The second kappa shape index (κ2) is 8.35. The first-order valence-corrected chi connectivity index (χ1v) is 8.76. The number of hydrogen-bond acceptors (Lipinski definition) is 5. The molecule has 1 aromatic heterocycles. The fourth-order valence-corrected chi connectivity index (χ4v) is 3.31. The molecule has 26 heavy (non-hydrogen) atoms. The zero-order chi connectivity index (χ0) is 18.5. The molecule has 1 atom stereocenters. The first-order chi connectivity index (χ1) is 12.5. The van der Waals surface area contributed by atoms with Crippen molar-refractivity contribution < 1.29 is 18.1 Å². The number of aryl methyl sites for hydroxylation is 1. The van der Waals surface area contributed by atoms with Crippen LogP contribution in [0, 0.1) is 17.6 Å². The predicted molar refractivity (Wildman–Crippen MR) is 90.4 cm³/mol. The van der Waals surface area contributed by atoms with Gasteiger partial charge in [-0.3, -0.25) is 9.69 Å². The summed E-state index contributed by atoms with van der Waals surface area (Å²) in [5.41, 5.74) is 0.813. The molecule has 1 N–H and O–H groups in total. The van der Waals surface area contributed by atoms with E-state index in [2.05, 4.69) is 20.4 Å². The van der Waals surface area contributed by atoms with Gasteiger partial charge in [0.15, 0.2) is 11.6 Å². The average molecular weight is 364 g/mol. The number of nitrogens with zero attached hydrogens (tertiary/aromatic N) is 3. The maximum atomic E-state index is 13.3. The van der Waals surface area contributed by atoms with Crippen LogP contribution in [0.1, 0.15) is 41.3 Å². The van der Waals surface area contributed by atoms with E-state index >= 15 is 0 Å². The first-order valence-electron chi connectivity index (χ1n) is 8.76. The van der Waals surface area contributed by atoms with Crippen molar-refractivity contribution in [2.75, 3.05) is 20.1 Å². The minimum absolute atomic E-state index is 0.0365. The maximum absolute atomic E-state index is 13.3. The number of aromatic nitrogens is 2. The zero-order valence-corrected chi connectivity index (χ0v) is 14.7. The van der Waals surface area contributed by atoms with Crippen molar-refractivity contribution in [2.45, 2.75) is 32.2 Å². The van der Waals surface area contributed by atoms with Gasteiger partial charge in [-0.05, 0) is 55.8 Å². The molecule has 3 rings (SSSR count). The molecular weight excluding hydrogens is 342 g/mol. The summed E-state index contributed by atoms with van der Waals surface area (Å²) in [6.45, 7) is 2.31. The van der Waals surface area contributed by atoms with Gasteiger partial charge < -0.3 is 9.84 Å². The SMILES string of the molecule is CNC(=O)c1noc(CN2CCCC(CCc3ccc(F)c(F)c3)C2)n1. The van der Waals surface area contributed by atoms with Crippen LogP contribution < -0.4 is 5.32 Å². The van der Waals surface area contributed by atoms with Crippen molar-refractivity contribution in [2.24, 2.45) is 5.92 Å². The van der Waals surface area contributed by atoms with E-state index in [1.54, 1.807) is 6.07 Å². The number of piperidine rings is 1. The summed E-state index contributed by atoms with van der Waals surface area (Å²) in [5.74, 6) is -1.05. The summed E-state index contributed by atoms with van der Waals surface area (Å²) in [7, 11) is 1.51.